The quantitative estimate of drug-likeness (QED) is 0.871. The van der Waals surface area contributed by atoms with Crippen LogP contribution in [0.4, 0.5) is 9.18 Å². The van der Waals surface area contributed by atoms with E-state index in [1.165, 1.54) is 17.0 Å². The summed E-state index contributed by atoms with van der Waals surface area (Å²) in [6.45, 7) is 4.77. The first-order valence-electron chi connectivity index (χ1n) is 5.69. The van der Waals surface area contributed by atoms with Crippen LogP contribution in [0.3, 0.4) is 0 Å². The molecule has 0 saturated heterocycles. The summed E-state index contributed by atoms with van der Waals surface area (Å²) in [6.07, 6.45) is 0. The standard InChI is InChI=1S/C13H16BrFN2O2/c1-10(14)9-16-13(18)17(2)7-8-19-12-5-3-11(15)4-6-12/h3-6H,1,7-9H2,2H3,(H,16,18). The van der Waals surface area contributed by atoms with Crippen molar-refractivity contribution in [2.75, 3.05) is 26.7 Å². The Labute approximate surface area is 120 Å². The average Bonchev–Trinajstić information content (AvgIpc) is 2.38. The van der Waals surface area contributed by atoms with Crippen LogP contribution in [0, 0.1) is 5.82 Å². The van der Waals surface area contributed by atoms with Crippen molar-refractivity contribution in [3.8, 4) is 5.75 Å². The molecule has 0 heterocycles. The van der Waals surface area contributed by atoms with Crippen LogP contribution in [0.15, 0.2) is 35.3 Å². The molecule has 104 valence electrons. The van der Waals surface area contributed by atoms with E-state index in [1.807, 2.05) is 0 Å². The van der Waals surface area contributed by atoms with E-state index in [2.05, 4.69) is 27.8 Å². The van der Waals surface area contributed by atoms with Crippen LogP contribution in [0.2, 0.25) is 0 Å². The predicted octanol–water partition coefficient (Wildman–Crippen LogP) is 2.75. The van der Waals surface area contributed by atoms with Gasteiger partial charge >= 0.3 is 6.03 Å². The number of carbonyl (C=O) groups is 1. The van der Waals surface area contributed by atoms with Crippen molar-refractivity contribution >= 4 is 22.0 Å². The Morgan fingerprint density at radius 3 is 2.68 bits per heavy atom. The minimum absolute atomic E-state index is 0.205. The number of urea groups is 1. The SMILES string of the molecule is C=C(Br)CNC(=O)N(C)CCOc1ccc(F)cc1. The van der Waals surface area contributed by atoms with Crippen molar-refractivity contribution in [3.05, 3.63) is 41.1 Å². The lowest BCUT2D eigenvalue weighted by atomic mass is 10.3. The first-order valence-corrected chi connectivity index (χ1v) is 6.49. The molecule has 0 spiro atoms. The number of benzene rings is 1. The summed E-state index contributed by atoms with van der Waals surface area (Å²) in [7, 11) is 1.67. The number of hydrogen-bond donors (Lipinski definition) is 1. The van der Waals surface area contributed by atoms with Gasteiger partial charge in [-0.1, -0.05) is 22.5 Å². The van der Waals surface area contributed by atoms with Gasteiger partial charge in [0.25, 0.3) is 0 Å². The van der Waals surface area contributed by atoms with Crippen LogP contribution in [-0.2, 0) is 0 Å². The van der Waals surface area contributed by atoms with Gasteiger partial charge in [0, 0.05) is 11.5 Å². The second kappa shape index (κ2) is 7.78. The maximum Gasteiger partial charge on any atom is 0.317 e. The molecule has 0 fully saturated rings. The Hall–Kier alpha value is -1.56. The van der Waals surface area contributed by atoms with Crippen molar-refractivity contribution in [2.24, 2.45) is 0 Å². The number of halogens is 2. The number of nitrogens with one attached hydrogen (secondary N) is 1. The smallest absolute Gasteiger partial charge is 0.317 e. The Kier molecular flexibility index (Phi) is 6.35. The highest BCUT2D eigenvalue weighted by atomic mass is 79.9. The number of hydrogen-bond acceptors (Lipinski definition) is 2. The van der Waals surface area contributed by atoms with E-state index in [0.29, 0.717) is 29.9 Å². The van der Waals surface area contributed by atoms with Gasteiger partial charge in [0.2, 0.25) is 0 Å². The highest BCUT2D eigenvalue weighted by molar-refractivity contribution is 9.11. The molecule has 0 radical (unpaired) electrons. The molecular formula is C13H16BrFN2O2. The highest BCUT2D eigenvalue weighted by Gasteiger charge is 2.07. The molecular weight excluding hydrogens is 315 g/mol. The van der Waals surface area contributed by atoms with Crippen molar-refractivity contribution in [1.29, 1.82) is 0 Å². The summed E-state index contributed by atoms with van der Waals surface area (Å²) < 4.78 is 18.8. The van der Waals surface area contributed by atoms with E-state index >= 15 is 0 Å². The fourth-order valence-corrected chi connectivity index (χ4v) is 1.38. The third kappa shape index (κ3) is 6.24. The Morgan fingerprint density at radius 1 is 1.47 bits per heavy atom. The number of nitrogens with zero attached hydrogens (tertiary/aromatic N) is 1. The van der Waals surface area contributed by atoms with Crippen molar-refractivity contribution in [2.45, 2.75) is 0 Å². The lowest BCUT2D eigenvalue weighted by molar-refractivity contribution is 0.196. The molecule has 0 unspecified atom stereocenters. The number of ether oxygens (including phenoxy) is 1. The molecule has 0 atom stereocenters. The lowest BCUT2D eigenvalue weighted by Crippen LogP contribution is -2.39. The van der Waals surface area contributed by atoms with E-state index in [0.717, 1.165) is 0 Å². The molecule has 2 amide bonds. The third-order valence-electron chi connectivity index (χ3n) is 2.29. The number of amides is 2. The van der Waals surface area contributed by atoms with Crippen LogP contribution in [0.5, 0.6) is 5.75 Å². The van der Waals surface area contributed by atoms with Crippen LogP contribution in [0.25, 0.3) is 0 Å². The molecule has 1 N–H and O–H groups in total. The fraction of sp³-hybridized carbons (Fsp3) is 0.308. The average molecular weight is 331 g/mol. The summed E-state index contributed by atoms with van der Waals surface area (Å²) in [5.41, 5.74) is 0. The molecule has 6 heteroatoms. The van der Waals surface area contributed by atoms with Crippen LogP contribution < -0.4 is 10.1 Å². The molecule has 0 saturated carbocycles. The Bertz CT molecular complexity index is 437. The van der Waals surface area contributed by atoms with Gasteiger partial charge in [-0.15, -0.1) is 0 Å². The van der Waals surface area contributed by atoms with E-state index < -0.39 is 0 Å². The van der Waals surface area contributed by atoms with Gasteiger partial charge in [-0.25, -0.2) is 9.18 Å². The molecule has 0 aromatic heterocycles. The van der Waals surface area contributed by atoms with E-state index in [4.69, 9.17) is 4.74 Å². The second-order valence-electron chi connectivity index (χ2n) is 3.90. The number of carbonyl (C=O) groups excluding carboxylic acids is 1. The zero-order valence-electron chi connectivity index (χ0n) is 10.7. The zero-order valence-corrected chi connectivity index (χ0v) is 12.2. The molecule has 19 heavy (non-hydrogen) atoms. The number of rotatable bonds is 6. The molecule has 1 aromatic carbocycles. The van der Waals surface area contributed by atoms with E-state index in [9.17, 15) is 9.18 Å². The molecule has 0 bridgehead atoms. The third-order valence-corrected chi connectivity index (χ3v) is 2.57. The molecule has 0 aliphatic rings. The van der Waals surface area contributed by atoms with Gasteiger partial charge in [0.05, 0.1) is 13.1 Å². The first kappa shape index (κ1) is 15.5. The summed E-state index contributed by atoms with van der Waals surface area (Å²) in [4.78, 5) is 13.1. The summed E-state index contributed by atoms with van der Waals surface area (Å²) in [5.74, 6) is 0.267. The lowest BCUT2D eigenvalue weighted by Gasteiger charge is -2.18. The normalized spacial score (nSPS) is 9.84. The van der Waals surface area contributed by atoms with E-state index in [1.54, 1.807) is 19.2 Å². The van der Waals surface area contributed by atoms with Crippen molar-refractivity contribution in [3.63, 3.8) is 0 Å². The summed E-state index contributed by atoms with van der Waals surface area (Å²) in [5, 5.41) is 2.67. The number of likely N-dealkylation sites (N-methyl/N-ethyl adjacent to an activating group) is 1. The van der Waals surface area contributed by atoms with Gasteiger partial charge in [-0.3, -0.25) is 0 Å². The van der Waals surface area contributed by atoms with Gasteiger partial charge < -0.3 is 15.0 Å². The largest absolute Gasteiger partial charge is 0.492 e. The minimum Gasteiger partial charge on any atom is -0.492 e. The summed E-state index contributed by atoms with van der Waals surface area (Å²) >= 11 is 3.16. The topological polar surface area (TPSA) is 41.6 Å². The van der Waals surface area contributed by atoms with Gasteiger partial charge in [-0.2, -0.15) is 0 Å². The monoisotopic (exact) mass is 330 g/mol. The van der Waals surface area contributed by atoms with Crippen molar-refractivity contribution in [1.82, 2.24) is 10.2 Å². The second-order valence-corrected chi connectivity index (χ2v) is 5.02. The van der Waals surface area contributed by atoms with Gasteiger partial charge in [-0.05, 0) is 24.3 Å². The van der Waals surface area contributed by atoms with Crippen molar-refractivity contribution < 1.29 is 13.9 Å². The minimum atomic E-state index is -0.307. The molecule has 4 nitrogen and oxygen atoms in total. The van der Waals surface area contributed by atoms with Crippen LogP contribution in [-0.4, -0.2) is 37.7 Å². The fourth-order valence-electron chi connectivity index (χ4n) is 1.24. The van der Waals surface area contributed by atoms with Crippen LogP contribution >= 0.6 is 15.9 Å². The maximum absolute atomic E-state index is 12.7. The maximum atomic E-state index is 12.7. The van der Waals surface area contributed by atoms with Crippen LogP contribution in [0.1, 0.15) is 0 Å². The Balaban J connectivity index is 2.26. The molecule has 1 aromatic rings. The predicted molar refractivity (Wildman–Crippen MR) is 76.0 cm³/mol. The van der Waals surface area contributed by atoms with E-state index in [-0.39, 0.29) is 11.8 Å². The van der Waals surface area contributed by atoms with Gasteiger partial charge in [0.15, 0.2) is 0 Å². The summed E-state index contributed by atoms with van der Waals surface area (Å²) in [6, 6.07) is 5.54. The highest BCUT2D eigenvalue weighted by Crippen LogP contribution is 2.10. The Morgan fingerprint density at radius 2 is 2.11 bits per heavy atom. The zero-order chi connectivity index (χ0) is 14.3. The molecule has 0 aliphatic carbocycles. The van der Waals surface area contributed by atoms with Gasteiger partial charge in [0.1, 0.15) is 18.2 Å². The molecule has 1 rings (SSSR count). The molecule has 0 aliphatic heterocycles. The first-order chi connectivity index (χ1) is 8.99.